The maximum Gasteiger partial charge on any atom is 0.220 e. The van der Waals surface area contributed by atoms with Gasteiger partial charge in [-0.25, -0.2) is 0 Å². The largest absolute Gasteiger partial charge is 0.394 e. The fourth-order valence-corrected chi connectivity index (χ4v) is 9.74. The molecule has 14 heteroatoms. The molecule has 428 valence electrons. The van der Waals surface area contributed by atoms with E-state index in [1.807, 2.05) is 6.08 Å². The van der Waals surface area contributed by atoms with E-state index in [2.05, 4.69) is 43.5 Å². The van der Waals surface area contributed by atoms with Crippen molar-refractivity contribution >= 4 is 5.91 Å². The van der Waals surface area contributed by atoms with Crippen LogP contribution in [0.25, 0.3) is 0 Å². The summed E-state index contributed by atoms with van der Waals surface area (Å²) >= 11 is 0. The highest BCUT2D eigenvalue weighted by Crippen LogP contribution is 2.30. The predicted octanol–water partition coefficient (Wildman–Crippen LogP) is 9.83. The average molecular weight is 1040 g/mol. The molecule has 0 spiro atoms. The monoisotopic (exact) mass is 1040 g/mol. The molecule has 0 saturated carbocycles. The zero-order valence-corrected chi connectivity index (χ0v) is 45.9. The van der Waals surface area contributed by atoms with Crippen LogP contribution >= 0.6 is 0 Å². The van der Waals surface area contributed by atoms with Gasteiger partial charge in [0.2, 0.25) is 5.91 Å². The maximum absolute atomic E-state index is 13.1. The molecule has 1 amide bonds. The Morgan fingerprint density at radius 2 is 0.877 bits per heavy atom. The van der Waals surface area contributed by atoms with Gasteiger partial charge >= 0.3 is 0 Å². The van der Waals surface area contributed by atoms with E-state index < -0.39 is 86.8 Å². The molecule has 14 nitrogen and oxygen atoms in total. The van der Waals surface area contributed by atoms with Crippen LogP contribution in [0.5, 0.6) is 0 Å². The van der Waals surface area contributed by atoms with Crippen molar-refractivity contribution in [2.45, 2.75) is 312 Å². The second-order valence-electron chi connectivity index (χ2n) is 21.1. The Hall–Kier alpha value is -1.79. The summed E-state index contributed by atoms with van der Waals surface area (Å²) in [6.07, 6.45) is 38.3. The molecule has 2 fully saturated rings. The number of ether oxygens (including phenoxy) is 4. The molecular weight excluding hydrogens is 931 g/mol. The molecular formula is C59H109NO13. The zero-order chi connectivity index (χ0) is 53.2. The van der Waals surface area contributed by atoms with Crippen molar-refractivity contribution in [2.24, 2.45) is 0 Å². The number of aliphatic hydroxyl groups is 8. The number of unbranched alkanes of at least 4 members (excludes halogenated alkanes) is 30. The summed E-state index contributed by atoms with van der Waals surface area (Å²) in [6.45, 7) is 2.72. The van der Waals surface area contributed by atoms with Gasteiger partial charge in [0.1, 0.15) is 48.8 Å². The molecule has 12 unspecified atom stereocenters. The van der Waals surface area contributed by atoms with Crippen molar-refractivity contribution in [1.29, 1.82) is 0 Å². The number of allylic oxidation sites excluding steroid dienone is 5. The summed E-state index contributed by atoms with van der Waals surface area (Å²) in [5, 5.41) is 86.6. The summed E-state index contributed by atoms with van der Waals surface area (Å²) in [5.41, 5.74) is 0. The molecule has 2 heterocycles. The second kappa shape index (κ2) is 45.3. The lowest BCUT2D eigenvalue weighted by Crippen LogP contribution is -2.65. The molecule has 0 aromatic heterocycles. The number of hydrogen-bond acceptors (Lipinski definition) is 13. The van der Waals surface area contributed by atoms with Gasteiger partial charge in [-0.2, -0.15) is 0 Å². The zero-order valence-electron chi connectivity index (χ0n) is 45.9. The van der Waals surface area contributed by atoms with Crippen LogP contribution in [-0.2, 0) is 23.7 Å². The standard InChI is InChI=1S/C59H109NO13/c1-3-5-7-9-11-12-13-14-15-16-17-18-19-20-21-22-23-24-25-26-27-28-29-30-31-32-33-34-35-37-38-40-42-48(63)47(60-51(64)43-41-39-36-10-8-6-4-2)46-70-58-56(69)54(67)57(50(45-62)72-58)73-59-55(68)53(66)52(65)49(44-61)71-59/h30-31,34-35,40,42,47-50,52-59,61-63,65-69H,3-29,32-33,36-39,41,43-46H2,1-2H3,(H,60,64)/b31-30+,35-34+,42-40+. The molecule has 0 aromatic carbocycles. The molecule has 73 heavy (non-hydrogen) atoms. The van der Waals surface area contributed by atoms with Crippen LogP contribution in [-0.4, -0.2) is 140 Å². The van der Waals surface area contributed by atoms with E-state index in [1.54, 1.807) is 6.08 Å². The highest BCUT2D eigenvalue weighted by Gasteiger charge is 2.51. The third-order valence-electron chi connectivity index (χ3n) is 14.6. The van der Waals surface area contributed by atoms with Crippen LogP contribution < -0.4 is 5.32 Å². The number of hydrogen-bond donors (Lipinski definition) is 9. The fourth-order valence-electron chi connectivity index (χ4n) is 9.74. The number of rotatable bonds is 47. The van der Waals surface area contributed by atoms with E-state index in [4.69, 9.17) is 18.9 Å². The van der Waals surface area contributed by atoms with Crippen LogP contribution in [0.2, 0.25) is 0 Å². The Morgan fingerprint density at radius 3 is 1.34 bits per heavy atom. The van der Waals surface area contributed by atoms with Gasteiger partial charge < -0.3 is 65.1 Å². The van der Waals surface area contributed by atoms with Crippen molar-refractivity contribution in [3.8, 4) is 0 Å². The molecule has 0 aliphatic carbocycles. The van der Waals surface area contributed by atoms with Gasteiger partial charge in [0.15, 0.2) is 12.6 Å². The molecule has 12 atom stereocenters. The summed E-state index contributed by atoms with van der Waals surface area (Å²) in [7, 11) is 0. The van der Waals surface area contributed by atoms with E-state index >= 15 is 0 Å². The number of aliphatic hydroxyl groups excluding tert-OH is 8. The Kier molecular flexibility index (Phi) is 41.7. The maximum atomic E-state index is 13.1. The van der Waals surface area contributed by atoms with E-state index in [0.29, 0.717) is 12.8 Å². The highest BCUT2D eigenvalue weighted by atomic mass is 16.7. The molecule has 2 aliphatic rings. The topological polar surface area (TPSA) is 228 Å². The smallest absolute Gasteiger partial charge is 0.220 e. The van der Waals surface area contributed by atoms with E-state index in [-0.39, 0.29) is 18.9 Å². The minimum atomic E-state index is -1.79. The summed E-state index contributed by atoms with van der Waals surface area (Å²) in [5.74, 6) is -0.260. The highest BCUT2D eigenvalue weighted by molar-refractivity contribution is 5.76. The molecule has 0 bridgehead atoms. The van der Waals surface area contributed by atoms with Gasteiger partial charge in [-0.1, -0.05) is 224 Å². The Morgan fingerprint density at radius 1 is 0.479 bits per heavy atom. The summed E-state index contributed by atoms with van der Waals surface area (Å²) in [6, 6.07) is -0.933. The molecule has 0 radical (unpaired) electrons. The number of nitrogens with one attached hydrogen (secondary N) is 1. The van der Waals surface area contributed by atoms with E-state index in [0.717, 1.165) is 51.4 Å². The van der Waals surface area contributed by atoms with Crippen LogP contribution in [0.4, 0.5) is 0 Å². The lowest BCUT2D eigenvalue weighted by Gasteiger charge is -2.46. The van der Waals surface area contributed by atoms with Crippen LogP contribution in [0.1, 0.15) is 239 Å². The van der Waals surface area contributed by atoms with E-state index in [1.165, 1.54) is 154 Å². The molecule has 2 rings (SSSR count). The van der Waals surface area contributed by atoms with Gasteiger partial charge in [0.05, 0.1) is 32.0 Å². The summed E-state index contributed by atoms with van der Waals surface area (Å²) < 4.78 is 22.6. The van der Waals surface area contributed by atoms with Crippen molar-refractivity contribution in [2.75, 3.05) is 19.8 Å². The summed E-state index contributed by atoms with van der Waals surface area (Å²) in [4.78, 5) is 13.1. The third-order valence-corrected chi connectivity index (χ3v) is 14.6. The van der Waals surface area contributed by atoms with E-state index in [9.17, 15) is 45.6 Å². The van der Waals surface area contributed by atoms with Crippen LogP contribution in [0, 0.1) is 0 Å². The minimum absolute atomic E-state index is 0.260. The average Bonchev–Trinajstić information content (AvgIpc) is 3.39. The SMILES string of the molecule is CCCCCCCCCCCCCCCCCCCCCCCC/C=C/CC/C=C/CC/C=C/C(O)C(COC1OC(CO)C(OC2OC(CO)C(O)C(O)C2O)C(O)C1O)NC(=O)CCCCCCCCC. The van der Waals surface area contributed by atoms with Crippen molar-refractivity contribution < 1.29 is 64.6 Å². The minimum Gasteiger partial charge on any atom is -0.394 e. The van der Waals surface area contributed by atoms with Crippen LogP contribution in [0.3, 0.4) is 0 Å². The number of carbonyl (C=O) groups is 1. The first-order valence-electron chi connectivity index (χ1n) is 29.7. The first-order chi connectivity index (χ1) is 35.6. The first kappa shape index (κ1) is 67.3. The van der Waals surface area contributed by atoms with Gasteiger partial charge in [-0.3, -0.25) is 4.79 Å². The second-order valence-corrected chi connectivity index (χ2v) is 21.1. The lowest BCUT2D eigenvalue weighted by atomic mass is 9.97. The first-order valence-corrected chi connectivity index (χ1v) is 29.7. The van der Waals surface area contributed by atoms with Gasteiger partial charge in [0, 0.05) is 6.42 Å². The lowest BCUT2D eigenvalue weighted by molar-refractivity contribution is -0.359. The van der Waals surface area contributed by atoms with Gasteiger partial charge in [0.25, 0.3) is 0 Å². The number of carbonyl (C=O) groups excluding carboxylic acids is 1. The van der Waals surface area contributed by atoms with Crippen molar-refractivity contribution in [1.82, 2.24) is 5.32 Å². The Bertz CT molecular complexity index is 1370. The van der Waals surface area contributed by atoms with Crippen molar-refractivity contribution in [3.05, 3.63) is 36.5 Å². The van der Waals surface area contributed by atoms with Crippen molar-refractivity contribution in [3.63, 3.8) is 0 Å². The normalized spacial score (nSPS) is 25.6. The third kappa shape index (κ3) is 31.3. The molecule has 0 aromatic rings. The Labute approximate surface area is 442 Å². The van der Waals surface area contributed by atoms with Crippen LogP contribution in [0.15, 0.2) is 36.5 Å². The predicted molar refractivity (Wildman–Crippen MR) is 291 cm³/mol. The van der Waals surface area contributed by atoms with Gasteiger partial charge in [-0.05, 0) is 44.9 Å². The molecule has 9 N–H and O–H groups in total. The fraction of sp³-hybridized carbons (Fsp3) is 0.881. The molecule has 2 aliphatic heterocycles. The molecule has 2 saturated heterocycles. The van der Waals surface area contributed by atoms with Gasteiger partial charge in [-0.15, -0.1) is 0 Å². The number of amides is 1. The Balaban J connectivity index is 1.64. The quantitative estimate of drug-likeness (QED) is 0.0205.